The Balaban J connectivity index is 1.36. The number of hydrogen-bond acceptors (Lipinski definition) is 6. The fourth-order valence-corrected chi connectivity index (χ4v) is 7.34. The lowest BCUT2D eigenvalue weighted by atomic mass is 9.93. The van der Waals surface area contributed by atoms with Crippen LogP contribution >= 0.6 is 39.4 Å². The van der Waals surface area contributed by atoms with Gasteiger partial charge in [0.2, 0.25) is 16.8 Å². The van der Waals surface area contributed by atoms with Crippen LogP contribution in [0.4, 0.5) is 0 Å². The molecule has 112 valence electrons. The third-order valence-electron chi connectivity index (χ3n) is 3.32. The van der Waals surface area contributed by atoms with Gasteiger partial charge in [-0.05, 0) is 22.9 Å². The average molecular weight is 360 g/mol. The smallest absolute Gasteiger partial charge is 0.215 e. The van der Waals surface area contributed by atoms with E-state index in [2.05, 4.69) is 22.9 Å². The summed E-state index contributed by atoms with van der Waals surface area (Å²) in [5, 5.41) is 4.10. The molecule has 4 heterocycles. The van der Waals surface area contributed by atoms with E-state index < -0.39 is 16.8 Å². The molecular formula is C13H14O4P2S2. The molecule has 2 saturated heterocycles. The van der Waals surface area contributed by atoms with E-state index in [0.29, 0.717) is 26.4 Å². The molecular weight excluding hydrogens is 346 g/mol. The van der Waals surface area contributed by atoms with Crippen LogP contribution in [0.1, 0.15) is 0 Å². The van der Waals surface area contributed by atoms with Crippen LogP contribution in [-0.2, 0) is 18.1 Å². The van der Waals surface area contributed by atoms with Gasteiger partial charge in [0.1, 0.15) is 0 Å². The van der Waals surface area contributed by atoms with Gasteiger partial charge in [-0.25, -0.2) is 0 Å². The van der Waals surface area contributed by atoms with E-state index in [1.54, 1.807) is 22.7 Å². The summed E-state index contributed by atoms with van der Waals surface area (Å²) in [7, 11) is -1.83. The van der Waals surface area contributed by atoms with Crippen molar-refractivity contribution in [3.63, 3.8) is 0 Å². The molecule has 0 radical (unpaired) electrons. The van der Waals surface area contributed by atoms with Crippen LogP contribution in [0.15, 0.2) is 35.0 Å². The third-order valence-corrected chi connectivity index (χ3v) is 8.66. The van der Waals surface area contributed by atoms with Gasteiger partial charge in [0.25, 0.3) is 0 Å². The molecule has 2 aliphatic heterocycles. The van der Waals surface area contributed by atoms with Gasteiger partial charge >= 0.3 is 0 Å². The lowest BCUT2D eigenvalue weighted by Gasteiger charge is -2.42. The fraction of sp³-hybridized carbons (Fsp3) is 0.385. The maximum absolute atomic E-state index is 5.94. The van der Waals surface area contributed by atoms with Gasteiger partial charge in [0, 0.05) is 0 Å². The molecule has 0 saturated carbocycles. The highest BCUT2D eigenvalue weighted by Crippen LogP contribution is 2.52. The maximum Gasteiger partial charge on any atom is 0.215 e. The third kappa shape index (κ3) is 3.10. The topological polar surface area (TPSA) is 36.9 Å². The Bertz CT molecular complexity index is 503. The first-order chi connectivity index (χ1) is 10.3. The van der Waals surface area contributed by atoms with Crippen molar-refractivity contribution in [2.75, 3.05) is 26.4 Å². The summed E-state index contributed by atoms with van der Waals surface area (Å²) in [6, 6.07) is 8.19. The first-order valence-electron chi connectivity index (χ1n) is 6.54. The predicted molar refractivity (Wildman–Crippen MR) is 88.0 cm³/mol. The monoisotopic (exact) mass is 360 g/mol. The summed E-state index contributed by atoms with van der Waals surface area (Å²) in [6.45, 7) is 2.57. The second-order valence-electron chi connectivity index (χ2n) is 5.01. The van der Waals surface area contributed by atoms with Crippen molar-refractivity contribution in [3.8, 4) is 0 Å². The van der Waals surface area contributed by atoms with Gasteiger partial charge in [-0.1, -0.05) is 12.1 Å². The summed E-state index contributed by atoms with van der Waals surface area (Å²) < 4.78 is 26.1. The fourth-order valence-electron chi connectivity index (χ4n) is 2.11. The van der Waals surface area contributed by atoms with E-state index in [9.17, 15) is 0 Å². The van der Waals surface area contributed by atoms with Crippen LogP contribution in [0.25, 0.3) is 0 Å². The van der Waals surface area contributed by atoms with Crippen LogP contribution in [0.3, 0.4) is 0 Å². The molecule has 1 spiro atoms. The Morgan fingerprint density at radius 2 is 1.19 bits per heavy atom. The van der Waals surface area contributed by atoms with Gasteiger partial charge < -0.3 is 18.1 Å². The molecule has 0 atom stereocenters. The molecule has 4 nitrogen and oxygen atoms in total. The molecule has 2 aromatic heterocycles. The largest absolute Gasteiger partial charge is 0.329 e. The molecule has 0 N–H and O–H groups in total. The normalized spacial score (nSPS) is 33.3. The van der Waals surface area contributed by atoms with Crippen LogP contribution in [0.5, 0.6) is 0 Å². The molecule has 0 aromatic carbocycles. The minimum atomic E-state index is -0.913. The molecule has 0 unspecified atom stereocenters. The number of thiophene rings is 2. The van der Waals surface area contributed by atoms with E-state index in [0.717, 1.165) is 0 Å². The van der Waals surface area contributed by atoms with Crippen LogP contribution < -0.4 is 9.24 Å². The summed E-state index contributed by atoms with van der Waals surface area (Å²) in [5.74, 6) is 0. The number of hydrogen-bond donors (Lipinski definition) is 0. The Morgan fingerprint density at radius 3 is 1.52 bits per heavy atom. The van der Waals surface area contributed by atoms with E-state index in [1.807, 2.05) is 12.1 Å². The molecule has 2 aromatic rings. The Kier molecular flexibility index (Phi) is 4.41. The van der Waals surface area contributed by atoms with E-state index in [-0.39, 0.29) is 5.41 Å². The van der Waals surface area contributed by atoms with Crippen molar-refractivity contribution < 1.29 is 18.1 Å². The Morgan fingerprint density at radius 1 is 0.762 bits per heavy atom. The molecule has 0 aliphatic carbocycles. The van der Waals surface area contributed by atoms with Crippen molar-refractivity contribution in [2.24, 2.45) is 5.41 Å². The highest BCUT2D eigenvalue weighted by molar-refractivity contribution is 7.63. The standard InChI is InChI=1S/C13H14O4P2S2/c1-3-11(20-5-1)18-14-7-13(8-15-18)9-16-19(17-10-13)12-4-2-6-21-12/h1-6H,7-10H2. The maximum atomic E-state index is 5.94. The zero-order valence-corrected chi connectivity index (χ0v) is 14.6. The quantitative estimate of drug-likeness (QED) is 0.769. The SMILES string of the molecule is c1csc(P2OCC3(CO2)COP(c2cccs2)OC3)c1. The van der Waals surface area contributed by atoms with Crippen molar-refractivity contribution in [2.45, 2.75) is 0 Å². The zero-order valence-electron chi connectivity index (χ0n) is 11.1. The van der Waals surface area contributed by atoms with Crippen LogP contribution in [0, 0.1) is 5.41 Å². The minimum absolute atomic E-state index is 0.147. The van der Waals surface area contributed by atoms with Crippen LogP contribution in [-0.4, -0.2) is 26.4 Å². The predicted octanol–water partition coefficient (Wildman–Crippen LogP) is 3.46. The summed E-state index contributed by atoms with van der Waals surface area (Å²) in [6.07, 6.45) is 0. The summed E-state index contributed by atoms with van der Waals surface area (Å²) in [5.41, 5.74) is -0.147. The van der Waals surface area contributed by atoms with E-state index in [4.69, 9.17) is 18.1 Å². The molecule has 21 heavy (non-hydrogen) atoms. The van der Waals surface area contributed by atoms with Crippen LogP contribution in [0.2, 0.25) is 0 Å². The van der Waals surface area contributed by atoms with Crippen molar-refractivity contribution in [1.82, 2.24) is 0 Å². The Hall–Kier alpha value is 0.1000. The average Bonchev–Trinajstić information content (AvgIpc) is 3.23. The molecule has 4 rings (SSSR count). The lowest BCUT2D eigenvalue weighted by Crippen LogP contribution is -2.45. The van der Waals surface area contributed by atoms with Gasteiger partial charge in [0.05, 0.1) is 41.1 Å². The van der Waals surface area contributed by atoms with Gasteiger partial charge in [-0.3, -0.25) is 0 Å². The van der Waals surface area contributed by atoms with Crippen molar-refractivity contribution in [3.05, 3.63) is 35.0 Å². The Labute approximate surface area is 133 Å². The highest BCUT2D eigenvalue weighted by atomic mass is 32.1. The zero-order chi connectivity index (χ0) is 14.1. The highest BCUT2D eigenvalue weighted by Gasteiger charge is 2.43. The second-order valence-corrected chi connectivity index (χ2v) is 10.5. The molecule has 2 aliphatic rings. The summed E-state index contributed by atoms with van der Waals surface area (Å²) in [4.78, 5) is 0. The second kappa shape index (κ2) is 6.31. The molecule has 2 fully saturated rings. The molecule has 8 heteroatoms. The molecule has 0 bridgehead atoms. The summed E-state index contributed by atoms with van der Waals surface area (Å²) >= 11 is 3.37. The lowest BCUT2D eigenvalue weighted by molar-refractivity contribution is -0.0496. The number of rotatable bonds is 2. The first-order valence-corrected chi connectivity index (χ1v) is 10.7. The van der Waals surface area contributed by atoms with E-state index in [1.165, 1.54) is 9.24 Å². The van der Waals surface area contributed by atoms with Gasteiger partial charge in [-0.15, -0.1) is 22.7 Å². The van der Waals surface area contributed by atoms with Gasteiger partial charge in [0.15, 0.2) is 0 Å². The van der Waals surface area contributed by atoms with Crippen molar-refractivity contribution in [1.29, 1.82) is 0 Å². The van der Waals surface area contributed by atoms with Crippen molar-refractivity contribution >= 4 is 48.7 Å². The van der Waals surface area contributed by atoms with Gasteiger partial charge in [-0.2, -0.15) is 0 Å². The minimum Gasteiger partial charge on any atom is -0.329 e. The molecule has 0 amide bonds. The first kappa shape index (κ1) is 14.7. The van der Waals surface area contributed by atoms with E-state index >= 15 is 0 Å².